The highest BCUT2D eigenvalue weighted by Gasteiger charge is 2.31. The molecule has 1 aliphatic heterocycles. The molecule has 1 aromatic carbocycles. The fourth-order valence-corrected chi connectivity index (χ4v) is 3.89. The zero-order chi connectivity index (χ0) is 14.9. The van der Waals surface area contributed by atoms with E-state index in [0.29, 0.717) is 17.4 Å². The van der Waals surface area contributed by atoms with Crippen molar-refractivity contribution in [3.8, 4) is 5.75 Å². The Balaban J connectivity index is 2.28. The Morgan fingerprint density at radius 1 is 1.50 bits per heavy atom. The van der Waals surface area contributed by atoms with Crippen molar-refractivity contribution in [1.29, 1.82) is 0 Å². The highest BCUT2D eigenvalue weighted by molar-refractivity contribution is 9.10. The Morgan fingerprint density at radius 2 is 2.20 bits per heavy atom. The largest absolute Gasteiger partial charge is 0.505 e. The third kappa shape index (κ3) is 3.25. The van der Waals surface area contributed by atoms with Crippen molar-refractivity contribution in [3.05, 3.63) is 21.6 Å². The van der Waals surface area contributed by atoms with Crippen molar-refractivity contribution in [1.82, 2.24) is 5.32 Å². The number of nitrogens with one attached hydrogen (secondary N) is 1. The average molecular weight is 385 g/mol. The first kappa shape index (κ1) is 15.6. The molecule has 0 aromatic heterocycles. The topological polar surface area (TPSA) is 92.7 Å². The molecule has 2 rings (SSSR count). The highest BCUT2D eigenvalue weighted by Crippen LogP contribution is 2.35. The molecule has 0 unspecified atom stereocenters. The molecule has 1 heterocycles. The van der Waals surface area contributed by atoms with Crippen molar-refractivity contribution < 1.29 is 22.5 Å². The van der Waals surface area contributed by atoms with Crippen LogP contribution in [0.25, 0.3) is 0 Å². The van der Waals surface area contributed by atoms with Gasteiger partial charge in [0.15, 0.2) is 5.75 Å². The zero-order valence-corrected chi connectivity index (χ0v) is 13.3. The van der Waals surface area contributed by atoms with Crippen LogP contribution in [0.1, 0.15) is 12.8 Å². The van der Waals surface area contributed by atoms with Crippen LogP contribution in [0.3, 0.4) is 0 Å². The number of benzene rings is 1. The van der Waals surface area contributed by atoms with Crippen molar-refractivity contribution in [2.24, 2.45) is 0 Å². The molecule has 2 N–H and O–H groups in total. The zero-order valence-electron chi connectivity index (χ0n) is 10.1. The van der Waals surface area contributed by atoms with E-state index in [4.69, 9.17) is 11.6 Å². The van der Waals surface area contributed by atoms with Gasteiger partial charge >= 0.3 is 16.1 Å². The van der Waals surface area contributed by atoms with Gasteiger partial charge in [0.2, 0.25) is 0 Å². The van der Waals surface area contributed by atoms with E-state index in [1.165, 1.54) is 6.07 Å². The molecule has 110 valence electrons. The van der Waals surface area contributed by atoms with Gasteiger partial charge < -0.3 is 14.6 Å². The Hall–Kier alpha value is -0.830. The molecule has 20 heavy (non-hydrogen) atoms. The monoisotopic (exact) mass is 383 g/mol. The lowest BCUT2D eigenvalue weighted by molar-refractivity contribution is -0.135. The minimum absolute atomic E-state index is 0.159. The maximum absolute atomic E-state index is 12.0. The first-order valence-electron chi connectivity index (χ1n) is 5.71. The lowest BCUT2D eigenvalue weighted by atomic mass is 10.2. The molecular formula is C11H11BrClNO5S. The maximum Gasteiger partial charge on any atom is 0.345 e. The molecule has 0 radical (unpaired) electrons. The van der Waals surface area contributed by atoms with Gasteiger partial charge in [-0.2, -0.15) is 8.42 Å². The summed E-state index contributed by atoms with van der Waals surface area (Å²) >= 11 is 8.75. The summed E-state index contributed by atoms with van der Waals surface area (Å²) in [5.41, 5.74) is 0. The number of hydrogen-bond donors (Lipinski definition) is 2. The van der Waals surface area contributed by atoms with Gasteiger partial charge in [-0.05, 0) is 31.5 Å². The van der Waals surface area contributed by atoms with Crippen LogP contribution in [0.2, 0.25) is 5.02 Å². The second kappa shape index (κ2) is 5.88. The van der Waals surface area contributed by atoms with Crippen LogP contribution >= 0.6 is 27.5 Å². The van der Waals surface area contributed by atoms with Gasteiger partial charge in [0, 0.05) is 4.47 Å². The van der Waals surface area contributed by atoms with Gasteiger partial charge in [-0.3, -0.25) is 0 Å². The lowest BCUT2D eigenvalue weighted by Crippen LogP contribution is -2.33. The smallest absolute Gasteiger partial charge is 0.345 e. The number of hydrogen-bond acceptors (Lipinski definition) is 6. The van der Waals surface area contributed by atoms with Crippen LogP contribution in [0.15, 0.2) is 21.5 Å². The SMILES string of the molecule is O=C(OS(=O)(=O)c1cc(Br)cc(Cl)c1O)[C@H]1CCCN1. The molecule has 1 aliphatic rings. The summed E-state index contributed by atoms with van der Waals surface area (Å²) in [6.45, 7) is 0.633. The molecule has 1 fully saturated rings. The number of halogens is 2. The lowest BCUT2D eigenvalue weighted by Gasteiger charge is -2.12. The van der Waals surface area contributed by atoms with E-state index in [2.05, 4.69) is 25.4 Å². The molecule has 1 atom stereocenters. The molecule has 1 saturated heterocycles. The van der Waals surface area contributed by atoms with E-state index < -0.39 is 32.8 Å². The number of phenolic OH excluding ortho intramolecular Hbond substituents is 1. The molecule has 6 nitrogen and oxygen atoms in total. The standard InChI is InChI=1S/C11H11BrClNO5S/c12-6-4-7(13)10(15)9(5-6)20(17,18)19-11(16)8-2-1-3-14-8/h4-5,8,14-15H,1-3H2/t8-/m1/s1. The van der Waals surface area contributed by atoms with Gasteiger partial charge in [0.25, 0.3) is 0 Å². The van der Waals surface area contributed by atoms with Crippen LogP contribution < -0.4 is 5.32 Å². The first-order chi connectivity index (χ1) is 9.31. The van der Waals surface area contributed by atoms with E-state index in [0.717, 1.165) is 12.5 Å². The maximum atomic E-state index is 12.0. The van der Waals surface area contributed by atoms with Crippen LogP contribution in [-0.4, -0.2) is 32.1 Å². The number of carbonyl (C=O) groups is 1. The summed E-state index contributed by atoms with van der Waals surface area (Å²) < 4.78 is 28.9. The van der Waals surface area contributed by atoms with Crippen molar-refractivity contribution >= 4 is 43.6 Å². The normalized spacial score (nSPS) is 19.0. The predicted molar refractivity (Wildman–Crippen MR) is 75.1 cm³/mol. The van der Waals surface area contributed by atoms with Crippen LogP contribution in [-0.2, 0) is 19.1 Å². The van der Waals surface area contributed by atoms with Crippen molar-refractivity contribution in [2.75, 3.05) is 6.54 Å². The van der Waals surface area contributed by atoms with Crippen molar-refractivity contribution in [3.63, 3.8) is 0 Å². The van der Waals surface area contributed by atoms with E-state index in [9.17, 15) is 18.3 Å². The number of phenols is 1. The molecule has 0 amide bonds. The minimum atomic E-state index is -4.43. The highest BCUT2D eigenvalue weighted by atomic mass is 79.9. The van der Waals surface area contributed by atoms with Gasteiger partial charge in [-0.25, -0.2) is 4.79 Å². The number of rotatable bonds is 3. The van der Waals surface area contributed by atoms with Crippen LogP contribution in [0, 0.1) is 0 Å². The predicted octanol–water partition coefficient (Wildman–Crippen LogP) is 1.79. The fourth-order valence-electron chi connectivity index (χ4n) is 1.83. The summed E-state index contributed by atoms with van der Waals surface area (Å²) in [5, 5.41) is 12.4. The Kier molecular flexibility index (Phi) is 4.58. The third-order valence-electron chi connectivity index (χ3n) is 2.80. The van der Waals surface area contributed by atoms with Gasteiger partial charge in [0.1, 0.15) is 10.9 Å². The summed E-state index contributed by atoms with van der Waals surface area (Å²) in [4.78, 5) is 11.2. The summed E-state index contributed by atoms with van der Waals surface area (Å²) in [6.07, 6.45) is 1.29. The van der Waals surface area contributed by atoms with E-state index in [1.807, 2.05) is 0 Å². The Morgan fingerprint density at radius 3 is 2.80 bits per heavy atom. The average Bonchev–Trinajstić information content (AvgIpc) is 2.86. The summed E-state index contributed by atoms with van der Waals surface area (Å²) in [6, 6.07) is 1.80. The minimum Gasteiger partial charge on any atom is -0.505 e. The third-order valence-corrected chi connectivity index (χ3v) is 4.78. The summed E-state index contributed by atoms with van der Waals surface area (Å²) in [7, 11) is -4.43. The van der Waals surface area contributed by atoms with Gasteiger partial charge in [-0.15, -0.1) is 0 Å². The van der Waals surface area contributed by atoms with Crippen LogP contribution in [0.5, 0.6) is 5.75 Å². The number of aromatic hydroxyl groups is 1. The fraction of sp³-hybridized carbons (Fsp3) is 0.364. The molecular weight excluding hydrogens is 374 g/mol. The quantitative estimate of drug-likeness (QED) is 0.772. The molecule has 0 spiro atoms. The second-order valence-electron chi connectivity index (χ2n) is 4.24. The summed E-state index contributed by atoms with van der Waals surface area (Å²) in [5.74, 6) is -1.54. The van der Waals surface area contributed by atoms with Crippen LogP contribution in [0.4, 0.5) is 0 Å². The second-order valence-corrected chi connectivity index (χ2v) is 7.08. The molecule has 1 aromatic rings. The van der Waals surface area contributed by atoms with Gasteiger partial charge in [-0.1, -0.05) is 27.5 Å². The Labute approximate surface area is 129 Å². The molecule has 9 heteroatoms. The van der Waals surface area contributed by atoms with Crippen molar-refractivity contribution in [2.45, 2.75) is 23.8 Å². The van der Waals surface area contributed by atoms with Gasteiger partial charge in [0.05, 0.1) is 5.02 Å². The molecule has 0 saturated carbocycles. The molecule has 0 bridgehead atoms. The van der Waals surface area contributed by atoms with E-state index in [-0.39, 0.29) is 5.02 Å². The first-order valence-corrected chi connectivity index (χ1v) is 8.29. The Bertz CT molecular complexity index is 642. The number of carbonyl (C=O) groups excluding carboxylic acids is 1. The van der Waals surface area contributed by atoms with E-state index in [1.54, 1.807) is 0 Å². The van der Waals surface area contributed by atoms with E-state index >= 15 is 0 Å². The molecule has 0 aliphatic carbocycles.